The second kappa shape index (κ2) is 15.7. The fourth-order valence-corrected chi connectivity index (χ4v) is 0.204. The summed E-state index contributed by atoms with van der Waals surface area (Å²) < 4.78 is 4.69. The molecule has 0 saturated carbocycles. The van der Waals surface area contributed by atoms with Gasteiger partial charge in [0.25, 0.3) is 0 Å². The predicted octanol–water partition coefficient (Wildman–Crippen LogP) is 2.81. The van der Waals surface area contributed by atoms with Gasteiger partial charge in [0.05, 0.1) is 0 Å². The monoisotopic (exact) mass is 328 g/mol. The molecule has 0 bridgehead atoms. The smallest absolute Gasteiger partial charge is 0.0459 e. The zero-order valence-electron chi connectivity index (χ0n) is 4.58. The molecule has 0 amide bonds. The molecule has 0 N–H and O–H groups in total. The molecule has 7 heavy (non-hydrogen) atoms. The van der Waals surface area contributed by atoms with Crippen LogP contribution in [0.25, 0.3) is 0 Å². The molecule has 0 aliphatic carbocycles. The van der Waals surface area contributed by atoms with Crippen LogP contribution in [0.3, 0.4) is 0 Å². The Kier molecular flexibility index (Phi) is 25.2. The van der Waals surface area contributed by atoms with Crippen LogP contribution in [-0.4, -0.2) is 13.7 Å². The molecule has 0 spiro atoms. The summed E-state index contributed by atoms with van der Waals surface area (Å²) >= 11 is 4.24. The third kappa shape index (κ3) is 18.6. The SMILES string of the molecule is CCCOC.II. The Bertz CT molecular complexity index is 17.2. The number of rotatable bonds is 2. The van der Waals surface area contributed by atoms with Crippen LogP contribution < -0.4 is 0 Å². The van der Waals surface area contributed by atoms with Gasteiger partial charge >= 0.3 is 0 Å². The summed E-state index contributed by atoms with van der Waals surface area (Å²) in [6, 6.07) is 0. The maximum atomic E-state index is 4.69. The van der Waals surface area contributed by atoms with Gasteiger partial charge in [-0.15, -0.1) is 0 Å². The highest BCUT2D eigenvalue weighted by molar-refractivity contribution is 15.0. The highest BCUT2D eigenvalue weighted by atomic mass is 128. The van der Waals surface area contributed by atoms with Gasteiger partial charge < -0.3 is 4.74 Å². The Morgan fingerprint density at radius 2 is 1.86 bits per heavy atom. The second-order valence-corrected chi connectivity index (χ2v) is 0.993. The summed E-state index contributed by atoms with van der Waals surface area (Å²) in [7, 11) is 1.71. The van der Waals surface area contributed by atoms with Crippen molar-refractivity contribution < 1.29 is 4.74 Å². The van der Waals surface area contributed by atoms with E-state index < -0.39 is 0 Å². The summed E-state index contributed by atoms with van der Waals surface area (Å²) in [5.41, 5.74) is 0. The van der Waals surface area contributed by atoms with Crippen LogP contribution >= 0.6 is 37.2 Å². The van der Waals surface area contributed by atoms with Crippen LogP contribution in [0.15, 0.2) is 0 Å². The van der Waals surface area contributed by atoms with E-state index in [-0.39, 0.29) is 0 Å². The average Bonchev–Trinajstić information content (AvgIpc) is 1.75. The number of methoxy groups -OCH3 is 1. The Morgan fingerprint density at radius 3 is 1.86 bits per heavy atom. The first-order valence-corrected chi connectivity index (χ1v) is 8.33. The molecule has 0 rings (SSSR count). The van der Waals surface area contributed by atoms with Crippen molar-refractivity contribution in [2.45, 2.75) is 13.3 Å². The minimum atomic E-state index is 0.889. The van der Waals surface area contributed by atoms with Crippen LogP contribution in [-0.2, 0) is 4.74 Å². The van der Waals surface area contributed by atoms with Gasteiger partial charge in [0, 0.05) is 50.9 Å². The lowest BCUT2D eigenvalue weighted by molar-refractivity contribution is 0.199. The van der Waals surface area contributed by atoms with E-state index in [9.17, 15) is 0 Å². The molecule has 0 saturated heterocycles. The fourth-order valence-electron chi connectivity index (χ4n) is 0.204. The Labute approximate surface area is 68.5 Å². The van der Waals surface area contributed by atoms with Crippen LogP contribution in [0.4, 0.5) is 0 Å². The number of hydrogen-bond acceptors (Lipinski definition) is 1. The van der Waals surface area contributed by atoms with E-state index in [2.05, 4.69) is 44.2 Å². The van der Waals surface area contributed by atoms with Gasteiger partial charge in [0.1, 0.15) is 0 Å². The van der Waals surface area contributed by atoms with Crippen molar-refractivity contribution in [2.75, 3.05) is 13.7 Å². The van der Waals surface area contributed by atoms with Crippen molar-refractivity contribution >= 4 is 37.2 Å². The molecular weight excluding hydrogens is 318 g/mol. The quantitative estimate of drug-likeness (QED) is 0.709. The van der Waals surface area contributed by atoms with E-state index in [1.807, 2.05) is 0 Å². The van der Waals surface area contributed by atoms with E-state index in [1.165, 1.54) is 0 Å². The zero-order chi connectivity index (χ0) is 6.12. The van der Waals surface area contributed by atoms with Gasteiger partial charge in [-0.25, -0.2) is 0 Å². The van der Waals surface area contributed by atoms with Crippen molar-refractivity contribution in [1.82, 2.24) is 0 Å². The second-order valence-electron chi connectivity index (χ2n) is 0.993. The molecule has 1 nitrogen and oxygen atoms in total. The topological polar surface area (TPSA) is 9.23 Å². The van der Waals surface area contributed by atoms with Gasteiger partial charge in [-0.05, 0) is 6.42 Å². The van der Waals surface area contributed by atoms with Gasteiger partial charge in [-0.3, -0.25) is 0 Å². The molecule has 0 fully saturated rings. The third-order valence-corrected chi connectivity index (χ3v) is 0.408. The molecule has 0 aliphatic heterocycles. The van der Waals surface area contributed by atoms with Crippen molar-refractivity contribution in [3.8, 4) is 0 Å². The molecule has 3 heteroatoms. The molecule has 0 heterocycles. The molecule has 0 aromatic heterocycles. The van der Waals surface area contributed by atoms with E-state index in [0.29, 0.717) is 0 Å². The highest BCUT2D eigenvalue weighted by Crippen LogP contribution is 1.89. The Balaban J connectivity index is 0. The lowest BCUT2D eigenvalue weighted by Gasteiger charge is -1.84. The summed E-state index contributed by atoms with van der Waals surface area (Å²) in [5, 5.41) is 0. The van der Waals surface area contributed by atoms with E-state index in [4.69, 9.17) is 4.74 Å². The number of hydrogen-bond donors (Lipinski definition) is 0. The highest BCUT2D eigenvalue weighted by Gasteiger charge is 1.66. The Hall–Kier alpha value is 1.42. The summed E-state index contributed by atoms with van der Waals surface area (Å²) in [4.78, 5) is 0. The van der Waals surface area contributed by atoms with Crippen molar-refractivity contribution in [2.24, 2.45) is 0 Å². The molecule has 0 aliphatic rings. The summed E-state index contributed by atoms with van der Waals surface area (Å²) in [5.74, 6) is 0. The largest absolute Gasteiger partial charge is 0.385 e. The summed E-state index contributed by atoms with van der Waals surface area (Å²) in [6.07, 6.45) is 1.12. The molecule has 0 atom stereocenters. The van der Waals surface area contributed by atoms with Crippen LogP contribution in [0.5, 0.6) is 0 Å². The van der Waals surface area contributed by atoms with E-state index in [1.54, 1.807) is 7.11 Å². The van der Waals surface area contributed by atoms with Crippen LogP contribution in [0.2, 0.25) is 0 Å². The van der Waals surface area contributed by atoms with Crippen molar-refractivity contribution in [3.05, 3.63) is 0 Å². The first-order valence-electron chi connectivity index (χ1n) is 2.05. The van der Waals surface area contributed by atoms with Gasteiger partial charge in [0.15, 0.2) is 0 Å². The third-order valence-electron chi connectivity index (χ3n) is 0.408. The molecule has 0 radical (unpaired) electrons. The molecule has 0 unspecified atom stereocenters. The lowest BCUT2D eigenvalue weighted by Crippen LogP contribution is -1.80. The molecule has 0 aromatic carbocycles. The van der Waals surface area contributed by atoms with Crippen LogP contribution in [0, 0.1) is 0 Å². The number of ether oxygens (including phenoxy) is 1. The van der Waals surface area contributed by atoms with Gasteiger partial charge in [-0.1, -0.05) is 6.92 Å². The standard InChI is InChI=1S/C4H10O.I2/c1-3-4-5-2;1-2/h3-4H2,1-2H3;. The molecule has 0 aromatic rings. The first kappa shape index (κ1) is 11.2. The normalized spacial score (nSPS) is 6.86. The van der Waals surface area contributed by atoms with Crippen molar-refractivity contribution in [3.63, 3.8) is 0 Å². The molecular formula is C4H10I2O. The maximum absolute atomic E-state index is 4.69. The summed E-state index contributed by atoms with van der Waals surface area (Å²) in [6.45, 7) is 2.98. The minimum Gasteiger partial charge on any atom is -0.385 e. The van der Waals surface area contributed by atoms with Gasteiger partial charge in [-0.2, -0.15) is 0 Å². The average molecular weight is 328 g/mol. The fraction of sp³-hybridized carbons (Fsp3) is 1.00. The van der Waals surface area contributed by atoms with E-state index in [0.717, 1.165) is 13.0 Å². The Morgan fingerprint density at radius 1 is 1.43 bits per heavy atom. The zero-order valence-corrected chi connectivity index (χ0v) is 8.89. The lowest BCUT2D eigenvalue weighted by atomic mass is 10.5. The van der Waals surface area contributed by atoms with Crippen LogP contribution in [0.1, 0.15) is 13.3 Å². The first-order chi connectivity index (χ1) is 3.41. The maximum Gasteiger partial charge on any atom is 0.0459 e. The van der Waals surface area contributed by atoms with Gasteiger partial charge in [0.2, 0.25) is 0 Å². The van der Waals surface area contributed by atoms with Crippen molar-refractivity contribution in [1.29, 1.82) is 0 Å². The number of halogens is 2. The van der Waals surface area contributed by atoms with E-state index >= 15 is 0 Å². The predicted molar refractivity (Wildman–Crippen MR) is 50.2 cm³/mol. The molecule has 46 valence electrons. The minimum absolute atomic E-state index is 0.889.